The maximum atomic E-state index is 4.58. The van der Waals surface area contributed by atoms with E-state index in [4.69, 9.17) is 0 Å². The average Bonchev–Trinajstić information content (AvgIpc) is 2.75. The van der Waals surface area contributed by atoms with Crippen LogP contribution >= 0.6 is 0 Å². The zero-order valence-corrected chi connectivity index (χ0v) is 20.1. The number of hydrogen-bond donors (Lipinski definition) is 0. The van der Waals surface area contributed by atoms with Crippen LogP contribution in [0.15, 0.2) is 58.8 Å². The van der Waals surface area contributed by atoms with Gasteiger partial charge < -0.3 is 0 Å². The van der Waals surface area contributed by atoms with Crippen molar-refractivity contribution < 1.29 is 0 Å². The zero-order valence-electron chi connectivity index (χ0n) is 20.1. The van der Waals surface area contributed by atoms with Gasteiger partial charge in [-0.2, -0.15) is 10.2 Å². The highest BCUT2D eigenvalue weighted by Crippen LogP contribution is 2.39. The molecule has 2 nitrogen and oxygen atoms in total. The largest absolute Gasteiger partial charge is 0.192 e. The standard InChI is InChI=1S/C24H30N2.C4H10/c1-17(2)13-14-20-16-15-19-9-5-6-10-21(19)18(3)24(26-25-4)23-12-8-7-11-22(20)23;1-4(2)3/h5-12,17,20H,13-16H2,1-4H3;4H,1-3H3/b24-18+,26-25?;. The minimum Gasteiger partial charge on any atom is -0.192 e. The van der Waals surface area contributed by atoms with E-state index in [0.717, 1.165) is 24.0 Å². The first-order valence-corrected chi connectivity index (χ1v) is 11.5. The quantitative estimate of drug-likeness (QED) is 0.455. The Morgan fingerprint density at radius 1 is 0.900 bits per heavy atom. The summed E-state index contributed by atoms with van der Waals surface area (Å²) in [6.07, 6.45) is 4.78. The van der Waals surface area contributed by atoms with Crippen LogP contribution in [-0.4, -0.2) is 7.05 Å². The summed E-state index contributed by atoms with van der Waals surface area (Å²) in [5, 5.41) is 8.73. The van der Waals surface area contributed by atoms with E-state index >= 15 is 0 Å². The summed E-state index contributed by atoms with van der Waals surface area (Å²) >= 11 is 0. The Labute approximate surface area is 184 Å². The van der Waals surface area contributed by atoms with Crippen LogP contribution in [0.1, 0.15) is 89.0 Å². The van der Waals surface area contributed by atoms with Crippen molar-refractivity contribution in [1.29, 1.82) is 0 Å². The molecule has 1 atom stereocenters. The molecule has 0 spiro atoms. The maximum Gasteiger partial charge on any atom is 0.0962 e. The van der Waals surface area contributed by atoms with Gasteiger partial charge in [-0.05, 0) is 66.2 Å². The van der Waals surface area contributed by atoms with Gasteiger partial charge in [-0.25, -0.2) is 0 Å². The van der Waals surface area contributed by atoms with Crippen molar-refractivity contribution in [3.05, 3.63) is 70.8 Å². The van der Waals surface area contributed by atoms with E-state index in [1.165, 1.54) is 47.1 Å². The second-order valence-electron chi connectivity index (χ2n) is 9.46. The smallest absolute Gasteiger partial charge is 0.0962 e. The molecule has 1 aliphatic carbocycles. The van der Waals surface area contributed by atoms with Crippen molar-refractivity contribution >= 4 is 11.3 Å². The minimum atomic E-state index is 0.564. The molecule has 30 heavy (non-hydrogen) atoms. The van der Waals surface area contributed by atoms with Gasteiger partial charge in [0.1, 0.15) is 0 Å². The normalized spacial score (nSPS) is 18.9. The van der Waals surface area contributed by atoms with Gasteiger partial charge in [-0.3, -0.25) is 0 Å². The Kier molecular flexibility index (Phi) is 9.49. The van der Waals surface area contributed by atoms with Crippen LogP contribution in [0.4, 0.5) is 0 Å². The van der Waals surface area contributed by atoms with E-state index in [2.05, 4.69) is 100 Å². The molecule has 0 heterocycles. The van der Waals surface area contributed by atoms with Crippen molar-refractivity contribution in [2.45, 2.75) is 73.1 Å². The Morgan fingerprint density at radius 2 is 1.50 bits per heavy atom. The maximum absolute atomic E-state index is 4.58. The first-order valence-electron chi connectivity index (χ1n) is 11.5. The van der Waals surface area contributed by atoms with Gasteiger partial charge in [0.15, 0.2) is 0 Å². The summed E-state index contributed by atoms with van der Waals surface area (Å²) in [4.78, 5) is 0. The molecule has 1 aliphatic rings. The molecule has 1 unspecified atom stereocenters. The van der Waals surface area contributed by atoms with Gasteiger partial charge in [0, 0.05) is 12.6 Å². The molecule has 2 heteroatoms. The van der Waals surface area contributed by atoms with Crippen LogP contribution in [0, 0.1) is 11.8 Å². The number of azo groups is 1. The summed E-state index contributed by atoms with van der Waals surface area (Å²) < 4.78 is 0. The van der Waals surface area contributed by atoms with Crippen LogP contribution in [0.5, 0.6) is 0 Å². The molecule has 3 rings (SSSR count). The monoisotopic (exact) mass is 404 g/mol. The molecule has 0 fully saturated rings. The minimum absolute atomic E-state index is 0.564. The summed E-state index contributed by atoms with van der Waals surface area (Å²) in [6.45, 7) is 13.3. The molecule has 0 N–H and O–H groups in total. The van der Waals surface area contributed by atoms with E-state index in [0.29, 0.717) is 5.92 Å². The third kappa shape index (κ3) is 6.65. The predicted octanol–water partition coefficient (Wildman–Crippen LogP) is 8.79. The Balaban J connectivity index is 0.000000735. The van der Waals surface area contributed by atoms with Gasteiger partial charge in [0.25, 0.3) is 0 Å². The highest BCUT2D eigenvalue weighted by molar-refractivity contribution is 5.91. The number of hydrogen-bond acceptors (Lipinski definition) is 2. The topological polar surface area (TPSA) is 24.7 Å². The predicted molar refractivity (Wildman–Crippen MR) is 132 cm³/mol. The van der Waals surface area contributed by atoms with E-state index in [1.807, 2.05) is 0 Å². The van der Waals surface area contributed by atoms with Crippen LogP contribution < -0.4 is 0 Å². The molecule has 0 saturated heterocycles. The molecule has 2 aromatic carbocycles. The Hall–Kier alpha value is -2.22. The number of aryl methyl sites for hydroxylation is 1. The first kappa shape index (κ1) is 24.1. The van der Waals surface area contributed by atoms with Gasteiger partial charge in [0.05, 0.1) is 5.70 Å². The molecule has 0 bridgehead atoms. The van der Waals surface area contributed by atoms with Crippen LogP contribution in [0.3, 0.4) is 0 Å². The lowest BCUT2D eigenvalue weighted by Crippen LogP contribution is -2.05. The number of allylic oxidation sites excluding steroid dienone is 1. The average molecular weight is 405 g/mol. The third-order valence-electron chi connectivity index (χ3n) is 5.49. The van der Waals surface area contributed by atoms with Crippen LogP contribution in [0.2, 0.25) is 0 Å². The van der Waals surface area contributed by atoms with Gasteiger partial charge in [-0.1, -0.05) is 89.6 Å². The molecule has 0 radical (unpaired) electrons. The molecule has 162 valence electrons. The SMILES string of the molecule is CC(C)C.CN=N/C1=C(\C)c2ccccc2CCC(CCC(C)C)c2ccccc21. The summed E-state index contributed by atoms with van der Waals surface area (Å²) in [5.74, 6) is 2.13. The van der Waals surface area contributed by atoms with Crippen molar-refractivity contribution in [2.75, 3.05) is 7.05 Å². The third-order valence-corrected chi connectivity index (χ3v) is 5.49. The highest BCUT2D eigenvalue weighted by atomic mass is 15.1. The lowest BCUT2D eigenvalue weighted by Gasteiger charge is -2.21. The fraction of sp³-hybridized carbons (Fsp3) is 0.500. The molecular weight excluding hydrogens is 364 g/mol. The van der Waals surface area contributed by atoms with Gasteiger partial charge >= 0.3 is 0 Å². The Bertz CT molecular complexity index is 856. The number of nitrogens with zero attached hydrogens (tertiary/aromatic N) is 2. The fourth-order valence-corrected chi connectivity index (χ4v) is 4.05. The van der Waals surface area contributed by atoms with Crippen molar-refractivity contribution in [3.8, 4) is 0 Å². The summed E-state index contributed by atoms with van der Waals surface area (Å²) in [6, 6.07) is 17.6. The zero-order chi connectivity index (χ0) is 22.1. The fourth-order valence-electron chi connectivity index (χ4n) is 4.05. The van der Waals surface area contributed by atoms with Crippen molar-refractivity contribution in [2.24, 2.45) is 22.1 Å². The van der Waals surface area contributed by atoms with Gasteiger partial charge in [-0.15, -0.1) is 0 Å². The van der Waals surface area contributed by atoms with E-state index in [-0.39, 0.29) is 0 Å². The number of rotatable bonds is 4. The molecule has 0 aliphatic heterocycles. The summed E-state index contributed by atoms with van der Waals surface area (Å²) in [5.41, 5.74) is 7.67. The summed E-state index contributed by atoms with van der Waals surface area (Å²) in [7, 11) is 1.76. The van der Waals surface area contributed by atoms with Gasteiger partial charge in [0.2, 0.25) is 0 Å². The molecule has 0 saturated carbocycles. The van der Waals surface area contributed by atoms with Crippen LogP contribution in [-0.2, 0) is 6.42 Å². The van der Waals surface area contributed by atoms with E-state index in [9.17, 15) is 0 Å². The number of benzene rings is 2. The number of fused-ring (bicyclic) bond motifs is 2. The first-order chi connectivity index (χ1) is 14.3. The van der Waals surface area contributed by atoms with Crippen molar-refractivity contribution in [3.63, 3.8) is 0 Å². The Morgan fingerprint density at radius 3 is 2.13 bits per heavy atom. The lowest BCUT2D eigenvalue weighted by atomic mass is 9.84. The highest BCUT2D eigenvalue weighted by Gasteiger charge is 2.22. The van der Waals surface area contributed by atoms with E-state index in [1.54, 1.807) is 7.05 Å². The van der Waals surface area contributed by atoms with Crippen LogP contribution in [0.25, 0.3) is 11.3 Å². The molecule has 0 amide bonds. The van der Waals surface area contributed by atoms with Crippen molar-refractivity contribution in [1.82, 2.24) is 0 Å². The molecule has 2 aromatic rings. The lowest BCUT2D eigenvalue weighted by molar-refractivity contribution is 0.481. The second-order valence-corrected chi connectivity index (χ2v) is 9.46. The van der Waals surface area contributed by atoms with E-state index < -0.39 is 0 Å². The molecular formula is C28H40N2. The second kappa shape index (κ2) is 11.8. The molecule has 0 aromatic heterocycles.